The molecule has 1 heterocycles. The third kappa shape index (κ3) is 7.03. The molecule has 1 aliphatic heterocycles. The second kappa shape index (κ2) is 11.5. The summed E-state index contributed by atoms with van der Waals surface area (Å²) in [5.41, 5.74) is 2.52. The van der Waals surface area contributed by atoms with Crippen LogP contribution in [0.15, 0.2) is 50.7 Å². The van der Waals surface area contributed by atoms with Gasteiger partial charge in [-0.05, 0) is 61.4 Å². The molecule has 2 aromatic carbocycles. The Hall–Kier alpha value is -1.92. The first-order chi connectivity index (χ1) is 15.7. The first kappa shape index (κ1) is 25.7. The lowest BCUT2D eigenvalue weighted by molar-refractivity contribution is -0.144. The maximum absolute atomic E-state index is 12.6. The lowest BCUT2D eigenvalue weighted by atomic mass is 10.2. The minimum Gasteiger partial charge on any atom is -0.455 e. The van der Waals surface area contributed by atoms with Crippen molar-refractivity contribution in [3.63, 3.8) is 0 Å². The lowest BCUT2D eigenvalue weighted by Gasteiger charge is -2.26. The van der Waals surface area contributed by atoms with Gasteiger partial charge in [-0.25, -0.2) is 8.42 Å². The number of anilines is 1. The zero-order chi connectivity index (χ0) is 24.0. The highest BCUT2D eigenvalue weighted by Gasteiger charge is 2.26. The maximum atomic E-state index is 12.6. The van der Waals surface area contributed by atoms with Crippen LogP contribution in [0.2, 0.25) is 0 Å². The monoisotopic (exact) mass is 556 g/mol. The molecule has 1 aliphatic rings. The molecule has 1 saturated heterocycles. The molecule has 0 atom stereocenters. The predicted molar refractivity (Wildman–Crippen MR) is 130 cm³/mol. The number of aryl methyl sites for hydroxylation is 2. The highest BCUT2D eigenvalue weighted by atomic mass is 79.9. The number of thioether (sulfide) groups is 1. The third-order valence-electron chi connectivity index (χ3n) is 4.91. The molecule has 2 aromatic rings. The molecule has 0 aromatic heterocycles. The van der Waals surface area contributed by atoms with Gasteiger partial charge < -0.3 is 14.8 Å². The molecule has 0 unspecified atom stereocenters. The van der Waals surface area contributed by atoms with E-state index in [4.69, 9.17) is 9.47 Å². The Balaban J connectivity index is 1.46. The molecule has 0 spiro atoms. The summed E-state index contributed by atoms with van der Waals surface area (Å²) in [7, 11) is -3.60. The molecule has 0 aliphatic carbocycles. The van der Waals surface area contributed by atoms with Gasteiger partial charge in [0.15, 0.2) is 6.61 Å². The largest absolute Gasteiger partial charge is 0.455 e. The van der Waals surface area contributed by atoms with Crippen LogP contribution in [0.5, 0.6) is 0 Å². The first-order valence-corrected chi connectivity index (χ1v) is 13.4. The number of ether oxygens (including phenoxy) is 2. The Morgan fingerprint density at radius 3 is 2.45 bits per heavy atom. The van der Waals surface area contributed by atoms with Crippen molar-refractivity contribution < 1.29 is 27.5 Å². The van der Waals surface area contributed by atoms with Crippen LogP contribution in [-0.2, 0) is 29.1 Å². The lowest BCUT2D eigenvalue weighted by Crippen LogP contribution is -2.40. The van der Waals surface area contributed by atoms with E-state index in [1.54, 1.807) is 0 Å². The first-order valence-electron chi connectivity index (χ1n) is 10.2. The summed E-state index contributed by atoms with van der Waals surface area (Å²) < 4.78 is 37.9. The Morgan fingerprint density at radius 1 is 1.12 bits per heavy atom. The number of benzene rings is 2. The third-order valence-corrected chi connectivity index (χ3v) is 8.81. The molecule has 1 amide bonds. The van der Waals surface area contributed by atoms with Crippen molar-refractivity contribution in [2.75, 3.05) is 44.0 Å². The fraction of sp³-hybridized carbons (Fsp3) is 0.364. The summed E-state index contributed by atoms with van der Waals surface area (Å²) in [4.78, 5) is 25.3. The van der Waals surface area contributed by atoms with Gasteiger partial charge in [0.2, 0.25) is 10.0 Å². The highest BCUT2D eigenvalue weighted by Crippen LogP contribution is 2.28. The average molecular weight is 557 g/mol. The van der Waals surface area contributed by atoms with Crippen LogP contribution in [0.1, 0.15) is 11.1 Å². The number of sulfonamides is 1. The van der Waals surface area contributed by atoms with Crippen LogP contribution in [0.25, 0.3) is 0 Å². The Labute approximate surface area is 206 Å². The molecular formula is C22H25BrN2O6S2. The van der Waals surface area contributed by atoms with E-state index in [0.29, 0.717) is 32.0 Å². The Bertz CT molecular complexity index is 1120. The van der Waals surface area contributed by atoms with Gasteiger partial charge in [-0.15, -0.1) is 11.8 Å². The number of rotatable bonds is 8. The van der Waals surface area contributed by atoms with Crippen LogP contribution in [0.3, 0.4) is 0 Å². The number of carbonyl (C=O) groups excluding carboxylic acids is 2. The van der Waals surface area contributed by atoms with Crippen molar-refractivity contribution in [3.8, 4) is 0 Å². The van der Waals surface area contributed by atoms with Crippen LogP contribution < -0.4 is 5.32 Å². The summed E-state index contributed by atoms with van der Waals surface area (Å²) in [6.45, 7) is 4.87. The molecular weight excluding hydrogens is 532 g/mol. The summed E-state index contributed by atoms with van der Waals surface area (Å²) in [6, 6.07) is 9.86. The topological polar surface area (TPSA) is 102 Å². The molecule has 33 heavy (non-hydrogen) atoms. The van der Waals surface area contributed by atoms with Crippen molar-refractivity contribution in [1.82, 2.24) is 4.31 Å². The molecule has 8 nitrogen and oxygen atoms in total. The molecule has 1 N–H and O–H groups in total. The van der Waals surface area contributed by atoms with Gasteiger partial charge in [-0.1, -0.05) is 15.9 Å². The predicted octanol–water partition coefficient (Wildman–Crippen LogP) is 3.36. The number of nitrogens with zero attached hydrogens (tertiary/aromatic N) is 1. The molecule has 0 saturated carbocycles. The van der Waals surface area contributed by atoms with Crippen LogP contribution in [0.4, 0.5) is 5.69 Å². The highest BCUT2D eigenvalue weighted by molar-refractivity contribution is 9.10. The summed E-state index contributed by atoms with van der Waals surface area (Å²) >= 11 is 4.83. The van der Waals surface area contributed by atoms with E-state index in [0.717, 1.165) is 20.5 Å². The molecule has 3 rings (SSSR count). The van der Waals surface area contributed by atoms with Crippen molar-refractivity contribution in [3.05, 3.63) is 52.0 Å². The average Bonchev–Trinajstić information content (AvgIpc) is 2.80. The van der Waals surface area contributed by atoms with Gasteiger partial charge in [0.25, 0.3) is 5.91 Å². The number of halogens is 1. The smallest absolute Gasteiger partial charge is 0.316 e. The van der Waals surface area contributed by atoms with Crippen molar-refractivity contribution >= 4 is 55.3 Å². The van der Waals surface area contributed by atoms with E-state index in [1.807, 2.05) is 26.0 Å². The Morgan fingerprint density at radius 2 is 1.79 bits per heavy atom. The van der Waals surface area contributed by atoms with Gasteiger partial charge in [-0.2, -0.15) is 4.31 Å². The van der Waals surface area contributed by atoms with E-state index < -0.39 is 28.5 Å². The molecule has 1 fully saturated rings. The SMILES string of the molecule is Cc1cc(SCC(=O)OCC(=O)Nc2ccc(S(=O)(=O)N3CCOCC3)cc2)c(C)cc1Br. The normalized spacial score (nSPS) is 14.6. The van der Waals surface area contributed by atoms with Crippen LogP contribution in [-0.4, -0.2) is 63.3 Å². The second-order valence-electron chi connectivity index (χ2n) is 7.41. The number of carbonyl (C=O) groups is 2. The summed E-state index contributed by atoms with van der Waals surface area (Å²) in [5, 5.41) is 2.60. The minimum absolute atomic E-state index is 0.0866. The zero-order valence-electron chi connectivity index (χ0n) is 18.3. The van der Waals surface area contributed by atoms with Gasteiger partial charge >= 0.3 is 5.97 Å². The quantitative estimate of drug-likeness (QED) is 0.392. The van der Waals surface area contributed by atoms with E-state index in [9.17, 15) is 18.0 Å². The summed E-state index contributed by atoms with van der Waals surface area (Å²) in [6.07, 6.45) is 0. The number of morpholine rings is 1. The fourth-order valence-corrected chi connectivity index (χ4v) is 5.85. The van der Waals surface area contributed by atoms with Gasteiger partial charge in [-0.3, -0.25) is 9.59 Å². The van der Waals surface area contributed by atoms with Crippen molar-refractivity contribution in [2.24, 2.45) is 0 Å². The fourth-order valence-electron chi connectivity index (χ4n) is 3.08. The second-order valence-corrected chi connectivity index (χ2v) is 11.2. The van der Waals surface area contributed by atoms with Gasteiger partial charge in [0, 0.05) is 28.1 Å². The van der Waals surface area contributed by atoms with E-state index in [-0.39, 0.29) is 10.6 Å². The summed E-state index contributed by atoms with van der Waals surface area (Å²) in [5.74, 6) is -0.918. The van der Waals surface area contributed by atoms with Gasteiger partial charge in [0.1, 0.15) is 0 Å². The van der Waals surface area contributed by atoms with Crippen molar-refractivity contribution in [2.45, 2.75) is 23.6 Å². The van der Waals surface area contributed by atoms with Crippen LogP contribution in [0, 0.1) is 13.8 Å². The van der Waals surface area contributed by atoms with Crippen molar-refractivity contribution in [1.29, 1.82) is 0 Å². The molecule has 0 radical (unpaired) electrons. The molecule has 11 heteroatoms. The Kier molecular flexibility index (Phi) is 8.94. The number of amides is 1. The molecule has 178 valence electrons. The number of hydrogen-bond donors (Lipinski definition) is 1. The van der Waals surface area contributed by atoms with Crippen LogP contribution >= 0.6 is 27.7 Å². The van der Waals surface area contributed by atoms with E-state index >= 15 is 0 Å². The van der Waals surface area contributed by atoms with E-state index in [1.165, 1.54) is 40.3 Å². The standard InChI is InChI=1S/C22H25BrN2O6S2/c1-15-12-20(16(2)11-19(15)23)32-14-22(27)31-13-21(26)24-17-3-5-18(6-4-17)33(28,29)25-7-9-30-10-8-25/h3-6,11-12H,7-10,13-14H2,1-2H3,(H,24,26). The van der Waals surface area contributed by atoms with E-state index in [2.05, 4.69) is 21.2 Å². The minimum atomic E-state index is -3.60. The maximum Gasteiger partial charge on any atom is 0.316 e. The van der Waals surface area contributed by atoms with Gasteiger partial charge in [0.05, 0.1) is 23.9 Å². The number of esters is 1. The number of hydrogen-bond acceptors (Lipinski definition) is 7. The molecule has 0 bridgehead atoms. The zero-order valence-corrected chi connectivity index (χ0v) is 21.5. The number of nitrogens with one attached hydrogen (secondary N) is 1.